The number of benzene rings is 1. The largest absolute Gasteiger partial charge is 0.482 e. The molecule has 0 unspecified atom stereocenters. The zero-order valence-electron chi connectivity index (χ0n) is 12.2. The second kappa shape index (κ2) is 8.25. The van der Waals surface area contributed by atoms with E-state index in [1.54, 1.807) is 6.07 Å². The van der Waals surface area contributed by atoms with Gasteiger partial charge in [0.05, 0.1) is 5.02 Å². The van der Waals surface area contributed by atoms with Gasteiger partial charge in [-0.2, -0.15) is 0 Å². The minimum atomic E-state index is -0.0796. The van der Waals surface area contributed by atoms with E-state index >= 15 is 0 Å². The molecule has 1 aromatic rings. The Kier molecular flexibility index (Phi) is 6.33. The number of amides is 1. The third kappa shape index (κ3) is 5.21. The SMILES string of the molecule is NCCc1ccc(OCC(=O)NC2CCCCC2)c(Cl)c1. The maximum Gasteiger partial charge on any atom is 0.258 e. The molecule has 0 bridgehead atoms. The Hall–Kier alpha value is -1.26. The first-order valence-electron chi connectivity index (χ1n) is 7.59. The van der Waals surface area contributed by atoms with Gasteiger partial charge in [-0.3, -0.25) is 4.79 Å². The van der Waals surface area contributed by atoms with E-state index in [1.807, 2.05) is 12.1 Å². The van der Waals surface area contributed by atoms with Crippen LogP contribution >= 0.6 is 11.6 Å². The van der Waals surface area contributed by atoms with Crippen LogP contribution in [0.3, 0.4) is 0 Å². The number of hydrogen-bond acceptors (Lipinski definition) is 3. The highest BCUT2D eigenvalue weighted by Crippen LogP contribution is 2.25. The van der Waals surface area contributed by atoms with Crippen LogP contribution in [0.15, 0.2) is 18.2 Å². The Morgan fingerprint density at radius 1 is 1.33 bits per heavy atom. The number of carbonyl (C=O) groups is 1. The fourth-order valence-corrected chi connectivity index (χ4v) is 2.90. The Morgan fingerprint density at radius 3 is 2.76 bits per heavy atom. The fourth-order valence-electron chi connectivity index (χ4n) is 2.64. The summed E-state index contributed by atoms with van der Waals surface area (Å²) in [5.74, 6) is 0.459. The van der Waals surface area contributed by atoms with Crippen LogP contribution in [0.4, 0.5) is 0 Å². The summed E-state index contributed by atoms with van der Waals surface area (Å²) in [6, 6.07) is 5.86. The van der Waals surface area contributed by atoms with E-state index in [9.17, 15) is 4.79 Å². The Balaban J connectivity index is 1.80. The molecule has 21 heavy (non-hydrogen) atoms. The van der Waals surface area contributed by atoms with Gasteiger partial charge in [-0.1, -0.05) is 36.9 Å². The zero-order valence-corrected chi connectivity index (χ0v) is 13.0. The van der Waals surface area contributed by atoms with Crippen molar-refractivity contribution in [2.75, 3.05) is 13.2 Å². The minimum Gasteiger partial charge on any atom is -0.482 e. The number of carbonyl (C=O) groups excluding carboxylic acids is 1. The van der Waals surface area contributed by atoms with Gasteiger partial charge in [-0.05, 0) is 43.5 Å². The molecular formula is C16H23ClN2O2. The van der Waals surface area contributed by atoms with Gasteiger partial charge in [0.15, 0.2) is 6.61 Å². The summed E-state index contributed by atoms with van der Waals surface area (Å²) in [7, 11) is 0. The molecule has 4 nitrogen and oxygen atoms in total. The van der Waals surface area contributed by atoms with Crippen LogP contribution < -0.4 is 15.8 Å². The van der Waals surface area contributed by atoms with Crippen LogP contribution in [0, 0.1) is 0 Å². The van der Waals surface area contributed by atoms with E-state index < -0.39 is 0 Å². The van der Waals surface area contributed by atoms with E-state index in [0.717, 1.165) is 24.8 Å². The lowest BCUT2D eigenvalue weighted by Gasteiger charge is -2.22. The number of rotatable bonds is 6. The van der Waals surface area contributed by atoms with Crippen molar-refractivity contribution in [3.8, 4) is 5.75 Å². The standard InChI is InChI=1S/C16H23ClN2O2/c17-14-10-12(8-9-18)6-7-15(14)21-11-16(20)19-13-4-2-1-3-5-13/h6-7,10,13H,1-5,8-9,11,18H2,(H,19,20). The number of ether oxygens (including phenoxy) is 1. The lowest BCUT2D eigenvalue weighted by atomic mass is 9.95. The Labute approximate surface area is 131 Å². The zero-order chi connectivity index (χ0) is 15.1. The summed E-state index contributed by atoms with van der Waals surface area (Å²) in [6.07, 6.45) is 6.58. The predicted molar refractivity (Wildman–Crippen MR) is 84.7 cm³/mol. The molecule has 1 aliphatic carbocycles. The topological polar surface area (TPSA) is 64.3 Å². The first-order valence-corrected chi connectivity index (χ1v) is 7.97. The summed E-state index contributed by atoms with van der Waals surface area (Å²) < 4.78 is 5.50. The highest BCUT2D eigenvalue weighted by molar-refractivity contribution is 6.32. The first-order chi connectivity index (χ1) is 10.2. The van der Waals surface area contributed by atoms with Crippen LogP contribution in [0.2, 0.25) is 5.02 Å². The summed E-state index contributed by atoms with van der Waals surface area (Å²) in [4.78, 5) is 11.9. The van der Waals surface area contributed by atoms with Crippen LogP contribution in [-0.2, 0) is 11.2 Å². The summed E-state index contributed by atoms with van der Waals surface area (Å²) in [6.45, 7) is 0.590. The van der Waals surface area contributed by atoms with E-state index in [0.29, 0.717) is 23.4 Å². The van der Waals surface area contributed by atoms with Gasteiger partial charge < -0.3 is 15.8 Å². The van der Waals surface area contributed by atoms with Gasteiger partial charge >= 0.3 is 0 Å². The highest BCUT2D eigenvalue weighted by Gasteiger charge is 2.16. The average molecular weight is 311 g/mol. The molecular weight excluding hydrogens is 288 g/mol. The molecule has 1 saturated carbocycles. The van der Waals surface area contributed by atoms with E-state index in [2.05, 4.69) is 5.32 Å². The fraction of sp³-hybridized carbons (Fsp3) is 0.562. The second-order valence-electron chi connectivity index (χ2n) is 5.49. The van der Waals surface area contributed by atoms with Gasteiger partial charge in [0.1, 0.15) is 5.75 Å². The summed E-state index contributed by atoms with van der Waals surface area (Å²) >= 11 is 6.14. The highest BCUT2D eigenvalue weighted by atomic mass is 35.5. The van der Waals surface area contributed by atoms with Crippen LogP contribution in [0.1, 0.15) is 37.7 Å². The van der Waals surface area contributed by atoms with Gasteiger partial charge in [-0.15, -0.1) is 0 Å². The molecule has 0 radical (unpaired) electrons. The molecule has 0 spiro atoms. The second-order valence-corrected chi connectivity index (χ2v) is 5.90. The minimum absolute atomic E-state index is 0.00640. The number of nitrogens with one attached hydrogen (secondary N) is 1. The van der Waals surface area contributed by atoms with Crippen molar-refractivity contribution in [2.24, 2.45) is 5.73 Å². The lowest BCUT2D eigenvalue weighted by Crippen LogP contribution is -2.38. The summed E-state index contributed by atoms with van der Waals surface area (Å²) in [5.41, 5.74) is 6.58. The first kappa shape index (κ1) is 16.1. The molecule has 0 saturated heterocycles. The molecule has 0 atom stereocenters. The smallest absolute Gasteiger partial charge is 0.258 e. The number of halogens is 1. The maximum absolute atomic E-state index is 11.9. The van der Waals surface area contributed by atoms with Crippen LogP contribution in [-0.4, -0.2) is 25.1 Å². The molecule has 0 heterocycles. The predicted octanol–water partition coefficient (Wildman–Crippen LogP) is 2.67. The molecule has 1 aliphatic rings. The number of hydrogen-bond donors (Lipinski definition) is 2. The Bertz CT molecular complexity index is 473. The van der Waals surface area contributed by atoms with Gasteiger partial charge in [0.25, 0.3) is 5.91 Å². The van der Waals surface area contributed by atoms with E-state index in [4.69, 9.17) is 22.1 Å². The molecule has 1 fully saturated rings. The molecule has 0 aromatic heterocycles. The molecule has 1 aromatic carbocycles. The normalized spacial score (nSPS) is 15.7. The van der Waals surface area contributed by atoms with E-state index in [-0.39, 0.29) is 12.5 Å². The third-order valence-electron chi connectivity index (χ3n) is 3.76. The van der Waals surface area contributed by atoms with Crippen molar-refractivity contribution in [2.45, 2.75) is 44.6 Å². The molecule has 2 rings (SSSR count). The number of nitrogens with two attached hydrogens (primary N) is 1. The van der Waals surface area contributed by atoms with Crippen molar-refractivity contribution in [3.63, 3.8) is 0 Å². The van der Waals surface area contributed by atoms with Crippen molar-refractivity contribution < 1.29 is 9.53 Å². The van der Waals surface area contributed by atoms with Crippen LogP contribution in [0.5, 0.6) is 5.75 Å². The molecule has 5 heteroatoms. The average Bonchev–Trinajstić information content (AvgIpc) is 2.48. The quantitative estimate of drug-likeness (QED) is 0.849. The molecule has 116 valence electrons. The van der Waals surface area contributed by atoms with Crippen molar-refractivity contribution in [1.82, 2.24) is 5.32 Å². The molecule has 1 amide bonds. The monoisotopic (exact) mass is 310 g/mol. The van der Waals surface area contributed by atoms with Crippen molar-refractivity contribution in [3.05, 3.63) is 28.8 Å². The van der Waals surface area contributed by atoms with Crippen LogP contribution in [0.25, 0.3) is 0 Å². The van der Waals surface area contributed by atoms with E-state index in [1.165, 1.54) is 19.3 Å². The van der Waals surface area contributed by atoms with Gasteiger partial charge in [-0.25, -0.2) is 0 Å². The molecule has 0 aliphatic heterocycles. The lowest BCUT2D eigenvalue weighted by molar-refractivity contribution is -0.124. The van der Waals surface area contributed by atoms with Crippen molar-refractivity contribution >= 4 is 17.5 Å². The Morgan fingerprint density at radius 2 is 2.10 bits per heavy atom. The third-order valence-corrected chi connectivity index (χ3v) is 4.05. The van der Waals surface area contributed by atoms with Crippen molar-refractivity contribution in [1.29, 1.82) is 0 Å². The molecule has 3 N–H and O–H groups in total. The van der Waals surface area contributed by atoms with Gasteiger partial charge in [0, 0.05) is 6.04 Å². The summed E-state index contributed by atoms with van der Waals surface area (Å²) in [5, 5.41) is 3.54. The maximum atomic E-state index is 11.9. The van der Waals surface area contributed by atoms with Gasteiger partial charge in [0.2, 0.25) is 0 Å².